The quantitative estimate of drug-likeness (QED) is 0.590. The minimum atomic E-state index is -3.12. The average Bonchev–Trinajstić information content (AvgIpc) is 3.56. The molecule has 1 saturated carbocycles. The van der Waals surface area contributed by atoms with Gasteiger partial charge in [0, 0.05) is 18.8 Å². The average molecular weight is 488 g/mol. The fraction of sp³-hybridized carbons (Fsp3) is 0.440. The molecular formula is C25H27F2N3O5. The molecule has 2 amide bonds. The van der Waals surface area contributed by atoms with E-state index in [0.717, 1.165) is 11.1 Å². The maximum Gasteiger partial charge on any atom is 0.388 e. The van der Waals surface area contributed by atoms with Crippen LogP contribution in [0.5, 0.6) is 5.88 Å². The lowest BCUT2D eigenvalue weighted by molar-refractivity contribution is -0.148. The van der Waals surface area contributed by atoms with Crippen LogP contribution in [0, 0.1) is 18.8 Å². The van der Waals surface area contributed by atoms with Gasteiger partial charge in [0.2, 0.25) is 17.7 Å². The summed E-state index contributed by atoms with van der Waals surface area (Å²) >= 11 is 0. The van der Waals surface area contributed by atoms with Gasteiger partial charge in [0.05, 0.1) is 11.8 Å². The van der Waals surface area contributed by atoms with Crippen LogP contribution in [0.25, 0.3) is 0 Å². The molecule has 10 heteroatoms. The van der Waals surface area contributed by atoms with Crippen LogP contribution in [0.2, 0.25) is 0 Å². The molecule has 8 nitrogen and oxygen atoms in total. The topological polar surface area (TPSA) is 109 Å². The molecule has 0 radical (unpaired) electrons. The first-order valence-electron chi connectivity index (χ1n) is 11.4. The Morgan fingerprint density at radius 2 is 1.83 bits per heavy atom. The molecule has 0 unspecified atom stereocenters. The highest BCUT2D eigenvalue weighted by atomic mass is 19.3. The second-order valence-electron chi connectivity index (χ2n) is 9.44. The van der Waals surface area contributed by atoms with Crippen molar-refractivity contribution in [1.82, 2.24) is 9.88 Å². The van der Waals surface area contributed by atoms with Gasteiger partial charge in [-0.05, 0) is 42.5 Å². The number of rotatable bonds is 8. The summed E-state index contributed by atoms with van der Waals surface area (Å²) in [6, 6.07) is 10.4. The molecule has 2 atom stereocenters. The van der Waals surface area contributed by atoms with Gasteiger partial charge in [-0.1, -0.05) is 38.1 Å². The summed E-state index contributed by atoms with van der Waals surface area (Å²) in [6.45, 7) is 2.58. The number of hydrogen-bond acceptors (Lipinski definition) is 5. The van der Waals surface area contributed by atoms with E-state index in [2.05, 4.69) is 15.0 Å². The number of carboxylic acids is 1. The Morgan fingerprint density at radius 3 is 2.43 bits per heavy atom. The number of carboxylic acid groups (broad SMARTS) is 1. The lowest BCUT2D eigenvalue weighted by atomic mass is 9.69. The van der Waals surface area contributed by atoms with Crippen LogP contribution in [0.1, 0.15) is 43.0 Å². The lowest BCUT2D eigenvalue weighted by Crippen LogP contribution is -2.67. The third kappa shape index (κ3) is 4.69. The van der Waals surface area contributed by atoms with E-state index in [-0.39, 0.29) is 37.0 Å². The molecule has 2 N–H and O–H groups in total. The van der Waals surface area contributed by atoms with Crippen molar-refractivity contribution >= 4 is 23.5 Å². The number of nitrogens with one attached hydrogen (secondary N) is 1. The minimum absolute atomic E-state index is 0.000198. The summed E-state index contributed by atoms with van der Waals surface area (Å²) in [4.78, 5) is 43.3. The zero-order valence-electron chi connectivity index (χ0n) is 19.6. The van der Waals surface area contributed by atoms with Crippen molar-refractivity contribution in [3.05, 3.63) is 53.2 Å². The summed E-state index contributed by atoms with van der Waals surface area (Å²) in [5, 5.41) is 11.9. The SMILES string of the molecule is Cc1ccc(NC(=O)C2(c3ccccc3C(C)C)CN(C(=O)[C@@H]3C[C@@H]3C(=O)O)C2)c(OC(F)F)n1. The normalized spacial score (nSPS) is 20.4. The monoisotopic (exact) mass is 487 g/mol. The van der Waals surface area contributed by atoms with Crippen molar-refractivity contribution in [1.29, 1.82) is 0 Å². The number of halogens is 2. The van der Waals surface area contributed by atoms with Gasteiger partial charge >= 0.3 is 12.6 Å². The minimum Gasteiger partial charge on any atom is -0.481 e. The van der Waals surface area contributed by atoms with Crippen LogP contribution < -0.4 is 10.1 Å². The van der Waals surface area contributed by atoms with Crippen LogP contribution in [0.4, 0.5) is 14.5 Å². The van der Waals surface area contributed by atoms with Crippen molar-refractivity contribution in [2.45, 2.75) is 45.1 Å². The Hall–Kier alpha value is -3.56. The number of benzene rings is 1. The van der Waals surface area contributed by atoms with E-state index in [1.54, 1.807) is 19.1 Å². The van der Waals surface area contributed by atoms with Gasteiger partial charge in [-0.25, -0.2) is 4.98 Å². The lowest BCUT2D eigenvalue weighted by Gasteiger charge is -2.50. The summed E-state index contributed by atoms with van der Waals surface area (Å²) in [6.07, 6.45) is 0.288. The fourth-order valence-electron chi connectivity index (χ4n) is 4.65. The molecule has 1 aliphatic carbocycles. The highest BCUT2D eigenvalue weighted by Crippen LogP contribution is 2.45. The van der Waals surface area contributed by atoms with Crippen LogP contribution >= 0.6 is 0 Å². The number of hydrogen-bond donors (Lipinski definition) is 2. The third-order valence-corrected chi connectivity index (χ3v) is 6.64. The van der Waals surface area contributed by atoms with Crippen LogP contribution in [0.15, 0.2) is 36.4 Å². The second kappa shape index (κ2) is 9.24. The van der Waals surface area contributed by atoms with Crippen molar-refractivity contribution in [3.8, 4) is 5.88 Å². The van der Waals surface area contributed by atoms with Crippen LogP contribution in [-0.4, -0.2) is 52.5 Å². The van der Waals surface area contributed by atoms with Crippen LogP contribution in [-0.2, 0) is 19.8 Å². The van der Waals surface area contributed by atoms with E-state index in [4.69, 9.17) is 0 Å². The molecule has 35 heavy (non-hydrogen) atoms. The first-order valence-corrected chi connectivity index (χ1v) is 11.4. The van der Waals surface area contributed by atoms with E-state index < -0.39 is 41.6 Å². The number of likely N-dealkylation sites (tertiary alicyclic amines) is 1. The second-order valence-corrected chi connectivity index (χ2v) is 9.44. The molecule has 0 spiro atoms. The molecule has 1 aliphatic heterocycles. The van der Waals surface area contributed by atoms with Gasteiger partial charge in [-0.2, -0.15) is 8.78 Å². The smallest absolute Gasteiger partial charge is 0.388 e. The maximum absolute atomic E-state index is 13.7. The van der Waals surface area contributed by atoms with Crippen molar-refractivity contribution in [3.63, 3.8) is 0 Å². The van der Waals surface area contributed by atoms with E-state index in [0.29, 0.717) is 5.69 Å². The molecule has 2 aromatic rings. The highest BCUT2D eigenvalue weighted by molar-refractivity contribution is 6.03. The Balaban J connectivity index is 1.65. The number of aromatic nitrogens is 1. The number of ether oxygens (including phenoxy) is 1. The largest absolute Gasteiger partial charge is 0.481 e. The third-order valence-electron chi connectivity index (χ3n) is 6.64. The molecule has 2 fully saturated rings. The Kier molecular flexibility index (Phi) is 6.48. The Morgan fingerprint density at radius 1 is 1.14 bits per heavy atom. The summed E-state index contributed by atoms with van der Waals surface area (Å²) in [5.74, 6) is -3.36. The van der Waals surface area contributed by atoms with E-state index >= 15 is 0 Å². The summed E-state index contributed by atoms with van der Waals surface area (Å²) < 4.78 is 30.4. The van der Waals surface area contributed by atoms with Gasteiger partial charge in [-0.15, -0.1) is 0 Å². The molecular weight excluding hydrogens is 460 g/mol. The maximum atomic E-state index is 13.7. The zero-order valence-corrected chi connectivity index (χ0v) is 19.6. The number of alkyl halides is 2. The van der Waals surface area contributed by atoms with Crippen molar-refractivity contribution in [2.75, 3.05) is 18.4 Å². The number of nitrogens with zero attached hydrogens (tertiary/aromatic N) is 2. The molecule has 2 aliphatic rings. The van der Waals surface area contributed by atoms with Gasteiger partial charge in [0.1, 0.15) is 11.1 Å². The first kappa shape index (κ1) is 24.6. The number of anilines is 1. The number of pyridine rings is 1. The summed E-state index contributed by atoms with van der Waals surface area (Å²) in [5.41, 5.74) is 0.961. The molecule has 1 aromatic heterocycles. The fourth-order valence-corrected chi connectivity index (χ4v) is 4.65. The number of carbonyl (C=O) groups excluding carboxylic acids is 2. The standard InChI is InChI=1S/C25H27F2N3O5/c1-13(2)15-6-4-5-7-18(15)25(11-30(12-25)21(31)16-10-17(16)22(32)33)23(34)29-19-9-8-14(3)28-20(19)35-24(26)27/h4-9,13,16-17,24H,10-12H2,1-3H3,(H,29,34)(H,32,33)/t16-,17+/m1/s1. The van der Waals surface area contributed by atoms with Crippen molar-refractivity contribution in [2.24, 2.45) is 11.8 Å². The molecule has 4 rings (SSSR count). The molecule has 1 saturated heterocycles. The van der Waals surface area contributed by atoms with E-state index in [1.807, 2.05) is 32.0 Å². The van der Waals surface area contributed by atoms with Gasteiger partial charge in [0.25, 0.3) is 0 Å². The number of amides is 2. The summed E-state index contributed by atoms with van der Waals surface area (Å²) in [7, 11) is 0. The highest BCUT2D eigenvalue weighted by Gasteiger charge is 2.58. The predicted molar refractivity (Wildman–Crippen MR) is 122 cm³/mol. The number of aliphatic carboxylic acids is 1. The van der Waals surface area contributed by atoms with Crippen LogP contribution in [0.3, 0.4) is 0 Å². The number of aryl methyl sites for hydroxylation is 1. The molecule has 1 aromatic carbocycles. The number of carbonyl (C=O) groups is 3. The zero-order chi connectivity index (χ0) is 25.5. The molecule has 2 heterocycles. The van der Waals surface area contributed by atoms with Gasteiger partial charge in [-0.3, -0.25) is 14.4 Å². The molecule has 186 valence electrons. The van der Waals surface area contributed by atoms with E-state index in [9.17, 15) is 28.3 Å². The van der Waals surface area contributed by atoms with E-state index in [1.165, 1.54) is 11.0 Å². The Labute approximate surface area is 201 Å². The molecule has 0 bridgehead atoms. The van der Waals surface area contributed by atoms with Gasteiger partial charge < -0.3 is 20.1 Å². The predicted octanol–water partition coefficient (Wildman–Crippen LogP) is 3.55. The first-order chi connectivity index (χ1) is 16.5. The van der Waals surface area contributed by atoms with Crippen molar-refractivity contribution < 1.29 is 33.0 Å². The van der Waals surface area contributed by atoms with Gasteiger partial charge in [0.15, 0.2) is 0 Å². The Bertz CT molecular complexity index is 1160.